The van der Waals surface area contributed by atoms with Crippen LogP contribution in [0.4, 0.5) is 11.5 Å². The molecule has 0 saturated heterocycles. The zero-order valence-electron chi connectivity index (χ0n) is 17.9. The standard InChI is InChI=1S/C22H14Cl2N8O3/c1-12-7-19(28-22(33)13-5-6-17(24)18(8-13)32(34)35)31(29-12)21-16-10-27-30(20(16)25-11-26-21)15-4-2-3-14(23)9-15/h2-11H,1H3,(H,28,33). The number of fused-ring (bicyclic) bond motifs is 1. The average Bonchev–Trinajstić information content (AvgIpc) is 3.42. The van der Waals surface area contributed by atoms with Crippen molar-refractivity contribution >= 4 is 51.6 Å². The fourth-order valence-corrected chi connectivity index (χ4v) is 3.90. The zero-order chi connectivity index (χ0) is 24.7. The number of carbonyl (C=O) groups is 1. The largest absolute Gasteiger partial charge is 0.306 e. The highest BCUT2D eigenvalue weighted by molar-refractivity contribution is 6.32. The highest BCUT2D eigenvalue weighted by Gasteiger charge is 2.20. The maximum atomic E-state index is 12.9. The summed E-state index contributed by atoms with van der Waals surface area (Å²) in [6, 6.07) is 12.6. The molecule has 1 amide bonds. The molecule has 0 atom stereocenters. The van der Waals surface area contributed by atoms with E-state index in [-0.39, 0.29) is 16.3 Å². The van der Waals surface area contributed by atoms with Gasteiger partial charge in [-0.2, -0.15) is 14.9 Å². The van der Waals surface area contributed by atoms with Crippen molar-refractivity contribution in [1.82, 2.24) is 29.5 Å². The molecule has 0 spiro atoms. The number of nitrogens with one attached hydrogen (secondary N) is 1. The number of hydrogen-bond acceptors (Lipinski definition) is 7. The zero-order valence-corrected chi connectivity index (χ0v) is 19.4. The van der Waals surface area contributed by atoms with E-state index < -0.39 is 10.8 Å². The number of rotatable bonds is 5. The summed E-state index contributed by atoms with van der Waals surface area (Å²) in [6.45, 7) is 1.76. The molecule has 1 N–H and O–H groups in total. The van der Waals surface area contributed by atoms with E-state index in [9.17, 15) is 14.9 Å². The Morgan fingerprint density at radius 3 is 2.69 bits per heavy atom. The number of amides is 1. The average molecular weight is 509 g/mol. The summed E-state index contributed by atoms with van der Waals surface area (Å²) >= 11 is 12.0. The minimum Gasteiger partial charge on any atom is -0.306 e. The first kappa shape index (κ1) is 22.4. The predicted molar refractivity (Wildman–Crippen MR) is 130 cm³/mol. The topological polar surface area (TPSA) is 134 Å². The Balaban J connectivity index is 1.55. The summed E-state index contributed by atoms with van der Waals surface area (Å²) in [7, 11) is 0. The van der Waals surface area contributed by atoms with Gasteiger partial charge < -0.3 is 5.32 Å². The van der Waals surface area contributed by atoms with Crippen molar-refractivity contribution in [3.63, 3.8) is 0 Å². The molecule has 0 unspecified atom stereocenters. The van der Waals surface area contributed by atoms with Gasteiger partial charge in [0.05, 0.1) is 27.9 Å². The lowest BCUT2D eigenvalue weighted by molar-refractivity contribution is -0.384. The summed E-state index contributed by atoms with van der Waals surface area (Å²) in [5.41, 5.74) is 1.53. The van der Waals surface area contributed by atoms with Crippen molar-refractivity contribution in [1.29, 1.82) is 0 Å². The van der Waals surface area contributed by atoms with Gasteiger partial charge in [0.2, 0.25) is 0 Å². The Labute approximate surface area is 207 Å². The second kappa shape index (κ2) is 8.78. The minimum absolute atomic E-state index is 0.0625. The molecule has 3 heterocycles. The van der Waals surface area contributed by atoms with Gasteiger partial charge in [0, 0.05) is 22.7 Å². The molecule has 0 aliphatic heterocycles. The van der Waals surface area contributed by atoms with E-state index in [4.69, 9.17) is 23.2 Å². The molecule has 35 heavy (non-hydrogen) atoms. The number of halogens is 2. The van der Waals surface area contributed by atoms with E-state index in [1.165, 1.54) is 23.1 Å². The number of hydrogen-bond donors (Lipinski definition) is 1. The molecule has 5 rings (SSSR count). The second-order valence-corrected chi connectivity index (χ2v) is 8.27. The maximum absolute atomic E-state index is 12.9. The fourth-order valence-electron chi connectivity index (χ4n) is 3.53. The van der Waals surface area contributed by atoms with E-state index in [2.05, 4.69) is 25.5 Å². The maximum Gasteiger partial charge on any atom is 0.288 e. The Hall–Kier alpha value is -4.35. The number of anilines is 1. The Bertz CT molecular complexity index is 1630. The number of benzene rings is 2. The molecule has 0 radical (unpaired) electrons. The van der Waals surface area contributed by atoms with Gasteiger partial charge in [-0.3, -0.25) is 14.9 Å². The van der Waals surface area contributed by atoms with Gasteiger partial charge in [0.15, 0.2) is 11.5 Å². The van der Waals surface area contributed by atoms with Crippen LogP contribution in [-0.2, 0) is 0 Å². The lowest BCUT2D eigenvalue weighted by Gasteiger charge is -2.09. The Kier molecular flexibility index (Phi) is 5.63. The van der Waals surface area contributed by atoms with Crippen LogP contribution in [0.15, 0.2) is 61.1 Å². The smallest absolute Gasteiger partial charge is 0.288 e. The van der Waals surface area contributed by atoms with Crippen LogP contribution in [-0.4, -0.2) is 40.4 Å². The molecule has 0 aliphatic rings. The number of nitro groups is 1. The van der Waals surface area contributed by atoms with Crippen molar-refractivity contribution in [3.05, 3.63) is 92.5 Å². The van der Waals surface area contributed by atoms with Gasteiger partial charge >= 0.3 is 0 Å². The Morgan fingerprint density at radius 1 is 1.09 bits per heavy atom. The van der Waals surface area contributed by atoms with Gasteiger partial charge in [-0.15, -0.1) is 0 Å². The molecular formula is C22H14Cl2N8O3. The predicted octanol–water partition coefficient (Wildman–Crippen LogP) is 4.78. The molecule has 5 aromatic rings. The molecule has 0 bridgehead atoms. The van der Waals surface area contributed by atoms with Gasteiger partial charge in [-0.25, -0.2) is 14.6 Å². The third-order valence-corrected chi connectivity index (χ3v) is 5.63. The van der Waals surface area contributed by atoms with Crippen molar-refractivity contribution in [2.24, 2.45) is 0 Å². The number of aryl methyl sites for hydroxylation is 1. The highest BCUT2D eigenvalue weighted by Crippen LogP contribution is 2.27. The quantitative estimate of drug-likeness (QED) is 0.266. The third kappa shape index (κ3) is 4.18. The Morgan fingerprint density at radius 2 is 1.91 bits per heavy atom. The normalized spacial score (nSPS) is 11.1. The molecule has 0 saturated carbocycles. The highest BCUT2D eigenvalue weighted by atomic mass is 35.5. The van der Waals surface area contributed by atoms with Gasteiger partial charge in [-0.05, 0) is 37.3 Å². The molecule has 13 heteroatoms. The SMILES string of the molecule is Cc1cc(NC(=O)c2ccc(Cl)c([N+](=O)[O-])c2)n(-c2ncnc3c2cnn3-c2cccc(Cl)c2)n1. The van der Waals surface area contributed by atoms with Crippen LogP contribution in [0.1, 0.15) is 16.1 Å². The van der Waals surface area contributed by atoms with Gasteiger partial charge in [0.1, 0.15) is 17.2 Å². The van der Waals surface area contributed by atoms with E-state index >= 15 is 0 Å². The van der Waals surface area contributed by atoms with Crippen LogP contribution in [0.3, 0.4) is 0 Å². The lowest BCUT2D eigenvalue weighted by Crippen LogP contribution is -2.16. The number of carbonyl (C=O) groups excluding carboxylic acids is 1. The van der Waals surface area contributed by atoms with Gasteiger partial charge in [-0.1, -0.05) is 29.3 Å². The molecule has 0 fully saturated rings. The summed E-state index contributed by atoms with van der Waals surface area (Å²) in [5.74, 6) is 0.111. The van der Waals surface area contributed by atoms with E-state index in [1.807, 2.05) is 6.07 Å². The van der Waals surface area contributed by atoms with E-state index in [0.29, 0.717) is 39.1 Å². The van der Waals surface area contributed by atoms with Crippen molar-refractivity contribution in [2.75, 3.05) is 5.32 Å². The van der Waals surface area contributed by atoms with Crippen molar-refractivity contribution < 1.29 is 9.72 Å². The monoisotopic (exact) mass is 508 g/mol. The fraction of sp³-hybridized carbons (Fsp3) is 0.0455. The summed E-state index contributed by atoms with van der Waals surface area (Å²) < 4.78 is 3.07. The molecule has 2 aromatic carbocycles. The summed E-state index contributed by atoms with van der Waals surface area (Å²) in [5, 5.41) is 23.9. The number of nitro benzene ring substituents is 1. The second-order valence-electron chi connectivity index (χ2n) is 7.43. The number of nitrogens with zero attached hydrogens (tertiary/aromatic N) is 7. The molecule has 0 aliphatic carbocycles. The van der Waals surface area contributed by atoms with Crippen LogP contribution in [0.2, 0.25) is 10.0 Å². The van der Waals surface area contributed by atoms with Crippen molar-refractivity contribution in [3.8, 4) is 11.5 Å². The minimum atomic E-state index is -0.650. The van der Waals surface area contributed by atoms with Crippen LogP contribution in [0, 0.1) is 17.0 Å². The molecule has 11 nitrogen and oxygen atoms in total. The number of aromatic nitrogens is 6. The lowest BCUT2D eigenvalue weighted by atomic mass is 10.2. The first-order valence-electron chi connectivity index (χ1n) is 10.1. The summed E-state index contributed by atoms with van der Waals surface area (Å²) in [6.07, 6.45) is 2.96. The summed E-state index contributed by atoms with van der Waals surface area (Å²) in [4.78, 5) is 32.1. The van der Waals surface area contributed by atoms with Crippen LogP contribution in [0.25, 0.3) is 22.5 Å². The molecular weight excluding hydrogens is 495 g/mol. The van der Waals surface area contributed by atoms with Gasteiger partial charge in [0.25, 0.3) is 11.6 Å². The van der Waals surface area contributed by atoms with Crippen molar-refractivity contribution in [2.45, 2.75) is 6.92 Å². The first-order chi connectivity index (χ1) is 16.8. The molecule has 3 aromatic heterocycles. The third-order valence-electron chi connectivity index (χ3n) is 5.08. The van der Waals surface area contributed by atoms with E-state index in [0.717, 1.165) is 6.07 Å². The first-order valence-corrected chi connectivity index (χ1v) is 10.8. The van der Waals surface area contributed by atoms with Crippen LogP contribution in [0.5, 0.6) is 0 Å². The molecule has 174 valence electrons. The van der Waals surface area contributed by atoms with E-state index in [1.54, 1.807) is 42.1 Å². The van der Waals surface area contributed by atoms with Crippen LogP contribution < -0.4 is 5.32 Å². The van der Waals surface area contributed by atoms with Crippen LogP contribution >= 0.6 is 23.2 Å².